The minimum absolute atomic E-state index is 0.0331. The Kier molecular flexibility index (Phi) is 3.21. The summed E-state index contributed by atoms with van der Waals surface area (Å²) in [4.78, 5) is 4.34. The highest BCUT2D eigenvalue weighted by atomic mass is 32.2. The second kappa shape index (κ2) is 4.41. The Balaban J connectivity index is 1.78. The highest BCUT2D eigenvalue weighted by Gasteiger charge is 2.16. The van der Waals surface area contributed by atoms with Crippen LogP contribution in [0.25, 0.3) is 0 Å². The summed E-state index contributed by atoms with van der Waals surface area (Å²) in [5.74, 6) is 0.840. The lowest BCUT2D eigenvalue weighted by molar-refractivity contribution is -0.0214. The SMILES string of the molecule is Cc1csc(SCC2OCCO2)n1. The molecule has 1 fully saturated rings. The van der Waals surface area contributed by atoms with Crippen LogP contribution in [-0.2, 0) is 9.47 Å². The molecular formula is C8H11NO2S2. The maximum absolute atomic E-state index is 5.32. The number of aryl methyl sites for hydroxylation is 1. The Morgan fingerprint density at radius 1 is 1.62 bits per heavy atom. The Morgan fingerprint density at radius 2 is 2.38 bits per heavy atom. The van der Waals surface area contributed by atoms with Gasteiger partial charge in [-0.2, -0.15) is 0 Å². The summed E-state index contributed by atoms with van der Waals surface area (Å²) < 4.78 is 11.7. The number of rotatable bonds is 3. The molecule has 0 radical (unpaired) electrons. The molecule has 0 aromatic carbocycles. The van der Waals surface area contributed by atoms with Gasteiger partial charge in [0.2, 0.25) is 0 Å². The average Bonchev–Trinajstić information content (AvgIpc) is 2.71. The third kappa shape index (κ3) is 2.67. The number of hydrogen-bond donors (Lipinski definition) is 0. The molecule has 1 aromatic rings. The molecule has 0 N–H and O–H groups in total. The van der Waals surface area contributed by atoms with Gasteiger partial charge >= 0.3 is 0 Å². The Hall–Kier alpha value is -0.100. The second-order valence-electron chi connectivity index (χ2n) is 2.74. The van der Waals surface area contributed by atoms with Crippen molar-refractivity contribution < 1.29 is 9.47 Å². The molecule has 5 heteroatoms. The minimum atomic E-state index is -0.0331. The molecule has 1 aliphatic rings. The summed E-state index contributed by atoms with van der Waals surface area (Å²) in [7, 11) is 0. The zero-order valence-corrected chi connectivity index (χ0v) is 8.99. The van der Waals surface area contributed by atoms with Gasteiger partial charge in [-0.1, -0.05) is 11.8 Å². The first kappa shape index (κ1) is 9.45. The molecule has 72 valence electrons. The number of ether oxygens (including phenoxy) is 2. The lowest BCUT2D eigenvalue weighted by atomic mass is 10.6. The van der Waals surface area contributed by atoms with E-state index in [0.717, 1.165) is 29.0 Å². The van der Waals surface area contributed by atoms with E-state index in [0.29, 0.717) is 0 Å². The van der Waals surface area contributed by atoms with E-state index in [-0.39, 0.29) is 6.29 Å². The number of thioether (sulfide) groups is 1. The first-order valence-electron chi connectivity index (χ1n) is 4.13. The number of thiazole rings is 1. The largest absolute Gasteiger partial charge is 0.349 e. The first-order chi connectivity index (χ1) is 6.34. The van der Waals surface area contributed by atoms with E-state index < -0.39 is 0 Å². The predicted octanol–water partition coefficient (Wildman–Crippen LogP) is 1.92. The maximum Gasteiger partial charge on any atom is 0.167 e. The zero-order valence-electron chi connectivity index (χ0n) is 7.36. The van der Waals surface area contributed by atoms with Crippen molar-refractivity contribution in [3.8, 4) is 0 Å². The third-order valence-electron chi connectivity index (χ3n) is 1.63. The summed E-state index contributed by atoms with van der Waals surface area (Å²) in [5.41, 5.74) is 1.08. The van der Waals surface area contributed by atoms with E-state index in [2.05, 4.69) is 10.4 Å². The van der Waals surface area contributed by atoms with Gasteiger partial charge in [0.25, 0.3) is 0 Å². The number of aromatic nitrogens is 1. The summed E-state index contributed by atoms with van der Waals surface area (Å²) in [6, 6.07) is 0. The van der Waals surface area contributed by atoms with E-state index in [4.69, 9.17) is 9.47 Å². The Morgan fingerprint density at radius 3 is 3.00 bits per heavy atom. The second-order valence-corrected chi connectivity index (χ2v) is 4.86. The lowest BCUT2D eigenvalue weighted by Crippen LogP contribution is -2.10. The van der Waals surface area contributed by atoms with E-state index in [9.17, 15) is 0 Å². The van der Waals surface area contributed by atoms with E-state index in [1.807, 2.05) is 6.92 Å². The van der Waals surface area contributed by atoms with Crippen molar-refractivity contribution >= 4 is 23.1 Å². The fourth-order valence-corrected chi connectivity index (χ4v) is 2.86. The van der Waals surface area contributed by atoms with Crippen molar-refractivity contribution in [3.05, 3.63) is 11.1 Å². The molecule has 2 heterocycles. The average molecular weight is 217 g/mol. The molecule has 0 bridgehead atoms. The van der Waals surface area contributed by atoms with Crippen molar-refractivity contribution in [2.45, 2.75) is 17.6 Å². The molecule has 2 rings (SSSR count). The third-order valence-corrected chi connectivity index (χ3v) is 3.80. The van der Waals surface area contributed by atoms with Crippen LogP contribution in [0.3, 0.4) is 0 Å². The van der Waals surface area contributed by atoms with Gasteiger partial charge in [0, 0.05) is 11.1 Å². The minimum Gasteiger partial charge on any atom is -0.349 e. The van der Waals surface area contributed by atoms with Gasteiger partial charge in [-0.05, 0) is 6.92 Å². The first-order valence-corrected chi connectivity index (χ1v) is 5.99. The maximum atomic E-state index is 5.32. The highest BCUT2D eigenvalue weighted by molar-refractivity contribution is 8.01. The molecule has 0 saturated carbocycles. The molecule has 1 aromatic heterocycles. The molecule has 0 unspecified atom stereocenters. The van der Waals surface area contributed by atoms with Crippen molar-refractivity contribution in [1.82, 2.24) is 4.98 Å². The Labute approximate surface area is 85.5 Å². The lowest BCUT2D eigenvalue weighted by Gasteiger charge is -2.05. The topological polar surface area (TPSA) is 31.4 Å². The van der Waals surface area contributed by atoms with Crippen molar-refractivity contribution in [1.29, 1.82) is 0 Å². The van der Waals surface area contributed by atoms with Crippen LogP contribution >= 0.6 is 23.1 Å². The molecule has 0 spiro atoms. The molecule has 0 atom stereocenters. The molecule has 1 saturated heterocycles. The van der Waals surface area contributed by atoms with Gasteiger partial charge in [0.05, 0.1) is 19.0 Å². The van der Waals surface area contributed by atoms with Crippen LogP contribution in [0.4, 0.5) is 0 Å². The molecular weight excluding hydrogens is 206 g/mol. The quantitative estimate of drug-likeness (QED) is 0.724. The Bertz CT molecular complexity index is 271. The normalized spacial score (nSPS) is 18.2. The van der Waals surface area contributed by atoms with Gasteiger partial charge < -0.3 is 9.47 Å². The summed E-state index contributed by atoms with van der Waals surface area (Å²) >= 11 is 3.37. The fraction of sp³-hybridized carbons (Fsp3) is 0.625. The van der Waals surface area contributed by atoms with Crippen LogP contribution in [0.15, 0.2) is 9.72 Å². The van der Waals surface area contributed by atoms with Crippen LogP contribution in [0.1, 0.15) is 5.69 Å². The van der Waals surface area contributed by atoms with Crippen LogP contribution in [0, 0.1) is 6.92 Å². The molecule has 3 nitrogen and oxygen atoms in total. The van der Waals surface area contributed by atoms with Gasteiger partial charge in [-0.25, -0.2) is 4.98 Å². The van der Waals surface area contributed by atoms with Crippen molar-refractivity contribution in [2.75, 3.05) is 19.0 Å². The molecule has 13 heavy (non-hydrogen) atoms. The van der Waals surface area contributed by atoms with E-state index in [1.165, 1.54) is 0 Å². The number of nitrogens with zero attached hydrogens (tertiary/aromatic N) is 1. The van der Waals surface area contributed by atoms with Crippen LogP contribution in [0.5, 0.6) is 0 Å². The molecule has 0 amide bonds. The van der Waals surface area contributed by atoms with E-state index >= 15 is 0 Å². The van der Waals surface area contributed by atoms with Crippen molar-refractivity contribution in [3.63, 3.8) is 0 Å². The fourth-order valence-electron chi connectivity index (χ4n) is 1.04. The van der Waals surface area contributed by atoms with Gasteiger partial charge in [0.15, 0.2) is 6.29 Å². The molecule has 0 aliphatic carbocycles. The molecule has 1 aliphatic heterocycles. The zero-order chi connectivity index (χ0) is 9.10. The van der Waals surface area contributed by atoms with Crippen LogP contribution in [-0.4, -0.2) is 30.2 Å². The summed E-state index contributed by atoms with van der Waals surface area (Å²) in [6.45, 7) is 3.45. The van der Waals surface area contributed by atoms with Crippen LogP contribution in [0.2, 0.25) is 0 Å². The van der Waals surface area contributed by atoms with Crippen LogP contribution < -0.4 is 0 Å². The van der Waals surface area contributed by atoms with Crippen molar-refractivity contribution in [2.24, 2.45) is 0 Å². The highest BCUT2D eigenvalue weighted by Crippen LogP contribution is 2.24. The number of hydrogen-bond acceptors (Lipinski definition) is 5. The standard InChI is InChI=1S/C8H11NO2S2/c1-6-4-12-8(9-6)13-5-7-10-2-3-11-7/h4,7H,2-3,5H2,1H3. The smallest absolute Gasteiger partial charge is 0.167 e. The van der Waals surface area contributed by atoms with Gasteiger partial charge in [-0.3, -0.25) is 0 Å². The summed E-state index contributed by atoms with van der Waals surface area (Å²) in [5, 5.41) is 2.05. The monoisotopic (exact) mass is 217 g/mol. The predicted molar refractivity (Wildman–Crippen MR) is 53.3 cm³/mol. The van der Waals surface area contributed by atoms with E-state index in [1.54, 1.807) is 23.1 Å². The van der Waals surface area contributed by atoms with Gasteiger partial charge in [0.1, 0.15) is 4.34 Å². The summed E-state index contributed by atoms with van der Waals surface area (Å²) in [6.07, 6.45) is -0.0331. The van der Waals surface area contributed by atoms with Gasteiger partial charge in [-0.15, -0.1) is 11.3 Å².